The van der Waals surface area contributed by atoms with Crippen LogP contribution in [0.4, 0.5) is 20.2 Å². The lowest BCUT2D eigenvalue weighted by atomic mass is 10.1. The summed E-state index contributed by atoms with van der Waals surface area (Å²) in [7, 11) is 0. The number of rotatable bonds is 2. The fourth-order valence-electron chi connectivity index (χ4n) is 1.81. The van der Waals surface area contributed by atoms with Crippen molar-refractivity contribution in [1.29, 1.82) is 0 Å². The number of benzene rings is 2. The number of nitrogens with two attached hydrogens (primary N) is 1. The molecule has 0 saturated carbocycles. The number of nitrogens with one attached hydrogen (secondary N) is 1. The molecular weight excluding hydrogens is 262 g/mol. The molecule has 0 heterocycles. The molecule has 3 nitrogen and oxygen atoms in total. The molecule has 0 fully saturated rings. The standard InChI is InChI=1S/C15H14F2N2O/c1-8-6-10(12(17)7-11(8)16)15(20)19-14-5-3-4-13(18)9(14)2/h3-7H,18H2,1-2H3,(H,19,20). The second kappa shape index (κ2) is 5.28. The van der Waals surface area contributed by atoms with Crippen molar-refractivity contribution in [3.8, 4) is 0 Å². The van der Waals surface area contributed by atoms with Crippen LogP contribution in [0, 0.1) is 25.5 Å². The van der Waals surface area contributed by atoms with Gasteiger partial charge in [0.2, 0.25) is 0 Å². The van der Waals surface area contributed by atoms with Gasteiger partial charge in [0, 0.05) is 17.4 Å². The van der Waals surface area contributed by atoms with Crippen LogP contribution in [-0.4, -0.2) is 5.91 Å². The average molecular weight is 276 g/mol. The van der Waals surface area contributed by atoms with Gasteiger partial charge in [-0.2, -0.15) is 0 Å². The number of halogens is 2. The molecule has 2 aromatic carbocycles. The minimum absolute atomic E-state index is 0.203. The first kappa shape index (κ1) is 14.0. The Hall–Kier alpha value is -2.43. The lowest BCUT2D eigenvalue weighted by Crippen LogP contribution is -2.15. The number of aryl methyl sites for hydroxylation is 1. The number of hydrogen-bond acceptors (Lipinski definition) is 2. The fraction of sp³-hybridized carbons (Fsp3) is 0.133. The van der Waals surface area contributed by atoms with E-state index in [-0.39, 0.29) is 11.1 Å². The summed E-state index contributed by atoms with van der Waals surface area (Å²) < 4.78 is 26.8. The van der Waals surface area contributed by atoms with E-state index in [1.54, 1.807) is 25.1 Å². The predicted molar refractivity (Wildman–Crippen MR) is 74.6 cm³/mol. The van der Waals surface area contributed by atoms with Crippen LogP contribution in [0.3, 0.4) is 0 Å². The summed E-state index contributed by atoms with van der Waals surface area (Å²) in [6.45, 7) is 3.22. The minimum atomic E-state index is -0.896. The van der Waals surface area contributed by atoms with Crippen LogP contribution >= 0.6 is 0 Å². The van der Waals surface area contributed by atoms with Gasteiger partial charge < -0.3 is 11.1 Å². The molecule has 2 rings (SSSR count). The topological polar surface area (TPSA) is 55.1 Å². The lowest BCUT2D eigenvalue weighted by Gasteiger charge is -2.11. The second-order valence-electron chi connectivity index (χ2n) is 4.56. The molecular formula is C15H14F2N2O. The number of nitrogen functional groups attached to an aromatic ring is 1. The van der Waals surface area contributed by atoms with Crippen LogP contribution in [-0.2, 0) is 0 Å². The largest absolute Gasteiger partial charge is 0.398 e. The smallest absolute Gasteiger partial charge is 0.258 e. The van der Waals surface area contributed by atoms with E-state index in [1.165, 1.54) is 13.0 Å². The van der Waals surface area contributed by atoms with E-state index in [0.29, 0.717) is 23.0 Å². The number of carbonyl (C=O) groups is 1. The molecule has 2 aromatic rings. The number of amides is 1. The molecule has 104 valence electrons. The van der Waals surface area contributed by atoms with E-state index in [1.807, 2.05) is 0 Å². The van der Waals surface area contributed by atoms with Crippen LogP contribution in [0.15, 0.2) is 30.3 Å². The van der Waals surface area contributed by atoms with Crippen molar-refractivity contribution in [2.45, 2.75) is 13.8 Å². The summed E-state index contributed by atoms with van der Waals surface area (Å²) in [6, 6.07) is 6.94. The molecule has 0 saturated heterocycles. The fourth-order valence-corrected chi connectivity index (χ4v) is 1.81. The first-order valence-corrected chi connectivity index (χ1v) is 6.02. The highest BCUT2D eigenvalue weighted by molar-refractivity contribution is 6.05. The van der Waals surface area contributed by atoms with Gasteiger partial charge in [0.1, 0.15) is 11.6 Å². The maximum absolute atomic E-state index is 13.6. The van der Waals surface area contributed by atoms with Gasteiger partial charge in [-0.25, -0.2) is 8.78 Å². The van der Waals surface area contributed by atoms with Crippen molar-refractivity contribution < 1.29 is 13.6 Å². The molecule has 0 bridgehead atoms. The van der Waals surface area contributed by atoms with Gasteiger partial charge in [-0.1, -0.05) is 6.07 Å². The molecule has 0 aliphatic heterocycles. The van der Waals surface area contributed by atoms with E-state index in [4.69, 9.17) is 5.73 Å². The predicted octanol–water partition coefficient (Wildman–Crippen LogP) is 3.42. The van der Waals surface area contributed by atoms with Gasteiger partial charge in [0.15, 0.2) is 0 Å². The highest BCUT2D eigenvalue weighted by atomic mass is 19.1. The Bertz CT molecular complexity index is 684. The van der Waals surface area contributed by atoms with Crippen LogP contribution in [0.2, 0.25) is 0 Å². The summed E-state index contributed by atoms with van der Waals surface area (Å²) in [6.07, 6.45) is 0. The first-order valence-electron chi connectivity index (χ1n) is 6.02. The maximum Gasteiger partial charge on any atom is 0.258 e. The number of carbonyl (C=O) groups excluding carboxylic acids is 1. The highest BCUT2D eigenvalue weighted by Crippen LogP contribution is 2.22. The van der Waals surface area contributed by atoms with Crippen molar-refractivity contribution >= 4 is 17.3 Å². The zero-order valence-electron chi connectivity index (χ0n) is 11.1. The van der Waals surface area contributed by atoms with E-state index in [2.05, 4.69) is 5.32 Å². The van der Waals surface area contributed by atoms with Crippen molar-refractivity contribution in [3.05, 3.63) is 58.7 Å². The van der Waals surface area contributed by atoms with Crippen LogP contribution in [0.1, 0.15) is 21.5 Å². The van der Waals surface area contributed by atoms with Crippen molar-refractivity contribution in [2.24, 2.45) is 0 Å². The van der Waals surface area contributed by atoms with Gasteiger partial charge in [0.05, 0.1) is 5.56 Å². The summed E-state index contributed by atoms with van der Waals surface area (Å²) in [4.78, 5) is 12.0. The molecule has 20 heavy (non-hydrogen) atoms. The lowest BCUT2D eigenvalue weighted by molar-refractivity contribution is 0.102. The molecule has 0 radical (unpaired) electrons. The molecule has 0 spiro atoms. The third kappa shape index (κ3) is 2.61. The Balaban J connectivity index is 2.33. The Morgan fingerprint density at radius 3 is 2.55 bits per heavy atom. The van der Waals surface area contributed by atoms with Gasteiger partial charge in [0.25, 0.3) is 5.91 Å². The third-order valence-corrected chi connectivity index (χ3v) is 3.12. The van der Waals surface area contributed by atoms with Crippen molar-refractivity contribution in [1.82, 2.24) is 0 Å². The third-order valence-electron chi connectivity index (χ3n) is 3.12. The Morgan fingerprint density at radius 2 is 1.85 bits per heavy atom. The van der Waals surface area contributed by atoms with Crippen molar-refractivity contribution in [2.75, 3.05) is 11.1 Å². The molecule has 1 amide bonds. The van der Waals surface area contributed by atoms with Crippen LogP contribution in [0.25, 0.3) is 0 Å². The summed E-state index contributed by atoms with van der Waals surface area (Å²) in [5.74, 6) is -2.22. The second-order valence-corrected chi connectivity index (χ2v) is 4.56. The maximum atomic E-state index is 13.6. The summed E-state index contributed by atoms with van der Waals surface area (Å²) >= 11 is 0. The molecule has 0 aliphatic carbocycles. The highest BCUT2D eigenvalue weighted by Gasteiger charge is 2.15. The quantitative estimate of drug-likeness (QED) is 0.826. The van der Waals surface area contributed by atoms with Gasteiger partial charge in [-0.15, -0.1) is 0 Å². The zero-order valence-corrected chi connectivity index (χ0v) is 11.1. The van der Waals surface area contributed by atoms with E-state index >= 15 is 0 Å². The first-order chi connectivity index (χ1) is 9.40. The van der Waals surface area contributed by atoms with Crippen LogP contribution in [0.5, 0.6) is 0 Å². The molecule has 0 aromatic heterocycles. The van der Waals surface area contributed by atoms with Gasteiger partial charge >= 0.3 is 0 Å². The van der Waals surface area contributed by atoms with Crippen molar-refractivity contribution in [3.63, 3.8) is 0 Å². The Kier molecular flexibility index (Phi) is 3.70. The van der Waals surface area contributed by atoms with E-state index in [9.17, 15) is 13.6 Å². The zero-order chi connectivity index (χ0) is 14.9. The monoisotopic (exact) mass is 276 g/mol. The Labute approximate surface area is 115 Å². The summed E-state index contributed by atoms with van der Waals surface area (Å²) in [5.41, 5.74) is 7.46. The molecule has 5 heteroatoms. The van der Waals surface area contributed by atoms with E-state index < -0.39 is 17.5 Å². The number of hydrogen-bond donors (Lipinski definition) is 2. The van der Waals surface area contributed by atoms with Crippen LogP contribution < -0.4 is 11.1 Å². The Morgan fingerprint density at radius 1 is 1.15 bits per heavy atom. The molecule has 0 aliphatic rings. The van der Waals surface area contributed by atoms with Gasteiger partial charge in [-0.3, -0.25) is 4.79 Å². The molecule has 0 unspecified atom stereocenters. The summed E-state index contributed by atoms with van der Waals surface area (Å²) in [5, 5.41) is 2.57. The normalized spacial score (nSPS) is 10.4. The minimum Gasteiger partial charge on any atom is -0.398 e. The van der Waals surface area contributed by atoms with Gasteiger partial charge in [-0.05, 0) is 43.2 Å². The average Bonchev–Trinajstić information content (AvgIpc) is 2.39. The molecule has 3 N–H and O–H groups in total. The molecule has 0 atom stereocenters. The number of anilines is 2. The SMILES string of the molecule is Cc1cc(C(=O)Nc2cccc(N)c2C)c(F)cc1F. The van der Waals surface area contributed by atoms with E-state index in [0.717, 1.165) is 0 Å².